The summed E-state index contributed by atoms with van der Waals surface area (Å²) in [4.78, 5) is 3.96. The van der Waals surface area contributed by atoms with Crippen LogP contribution < -0.4 is 15.7 Å². The van der Waals surface area contributed by atoms with Gasteiger partial charge in [-0.25, -0.2) is 13.2 Å². The maximum atomic E-state index is 15.8. The summed E-state index contributed by atoms with van der Waals surface area (Å²) in [6, 6.07) is 12.2. The lowest BCUT2D eigenvalue weighted by Gasteiger charge is -2.44. The van der Waals surface area contributed by atoms with Gasteiger partial charge in [-0.2, -0.15) is 0 Å². The Kier molecular flexibility index (Phi) is 7.65. The second kappa shape index (κ2) is 11.0. The van der Waals surface area contributed by atoms with E-state index >= 15 is 8.78 Å². The minimum atomic E-state index is -1.66. The summed E-state index contributed by atoms with van der Waals surface area (Å²) < 4.78 is 57.7. The van der Waals surface area contributed by atoms with Gasteiger partial charge in [0, 0.05) is 37.1 Å². The monoisotopic (exact) mass is 527 g/mol. The predicted octanol–water partition coefficient (Wildman–Crippen LogP) is 3.78. The number of nitrogens with one attached hydrogen (secondary N) is 1. The Bertz CT molecular complexity index is 1260. The van der Waals surface area contributed by atoms with Crippen LogP contribution in [-0.4, -0.2) is 60.5 Å². The molecule has 1 fully saturated rings. The Morgan fingerprint density at radius 3 is 2.29 bits per heavy atom. The Hall–Kier alpha value is -3.08. The molecule has 2 aliphatic heterocycles. The molecule has 3 aromatic rings. The largest absolute Gasteiger partial charge is 0.488 e. The van der Waals surface area contributed by atoms with Crippen LogP contribution in [0.3, 0.4) is 0 Å². The molecule has 0 aliphatic carbocycles. The van der Waals surface area contributed by atoms with E-state index in [0.29, 0.717) is 54.9 Å². The van der Waals surface area contributed by atoms with E-state index in [0.717, 1.165) is 5.56 Å². The molecule has 2 atom stereocenters. The molecule has 0 amide bonds. The minimum Gasteiger partial charge on any atom is -0.423 e. The van der Waals surface area contributed by atoms with Crippen molar-refractivity contribution >= 4 is 24.0 Å². The fraction of sp³-hybridized carbons (Fsp3) is 0.357. The van der Waals surface area contributed by atoms with Crippen LogP contribution in [0.1, 0.15) is 36.1 Å². The Labute approximate surface area is 219 Å². The quantitative estimate of drug-likeness (QED) is 0.308. The molecule has 2 aliphatic rings. The second-order valence-corrected chi connectivity index (χ2v) is 10.2. The van der Waals surface area contributed by atoms with Gasteiger partial charge in [-0.1, -0.05) is 18.2 Å². The fourth-order valence-corrected chi connectivity index (χ4v) is 5.65. The Balaban J connectivity index is 1.51. The number of hydrogen-bond acceptors (Lipinski definition) is 5. The lowest BCUT2D eigenvalue weighted by Crippen LogP contribution is -2.54. The molecule has 10 heteroatoms. The lowest BCUT2D eigenvalue weighted by molar-refractivity contribution is 0.155. The SMILES string of the molecule is C[C@@H]1Cc2cc(B(O)O)ccc2C(c2c(F)cc(NC3CN(CCCF)C3)cc2F)N1c1ccc(F)cc1. The lowest BCUT2D eigenvalue weighted by atomic mass is 9.75. The van der Waals surface area contributed by atoms with Crippen molar-refractivity contribution in [3.8, 4) is 0 Å². The average molecular weight is 527 g/mol. The summed E-state index contributed by atoms with van der Waals surface area (Å²) in [6.07, 6.45) is 0.961. The van der Waals surface area contributed by atoms with Crippen molar-refractivity contribution in [3.63, 3.8) is 0 Å². The Morgan fingerprint density at radius 1 is 0.974 bits per heavy atom. The van der Waals surface area contributed by atoms with Crippen molar-refractivity contribution in [3.05, 3.63) is 88.7 Å². The van der Waals surface area contributed by atoms with Gasteiger partial charge in [-0.15, -0.1) is 0 Å². The van der Waals surface area contributed by atoms with E-state index in [1.54, 1.807) is 24.3 Å². The first-order valence-electron chi connectivity index (χ1n) is 12.8. The molecule has 0 radical (unpaired) electrons. The molecular formula is C28H30BF4N3O2. The van der Waals surface area contributed by atoms with Crippen molar-refractivity contribution in [2.75, 3.05) is 36.5 Å². The highest BCUT2D eigenvalue weighted by Crippen LogP contribution is 2.43. The molecule has 5 rings (SSSR count). The summed E-state index contributed by atoms with van der Waals surface area (Å²) in [7, 11) is -1.66. The summed E-state index contributed by atoms with van der Waals surface area (Å²) in [5.74, 6) is -1.85. The molecule has 2 heterocycles. The highest BCUT2D eigenvalue weighted by atomic mass is 19.1. The summed E-state index contributed by atoms with van der Waals surface area (Å²) in [6.45, 7) is 3.56. The van der Waals surface area contributed by atoms with Crippen molar-refractivity contribution in [2.24, 2.45) is 0 Å². The predicted molar refractivity (Wildman–Crippen MR) is 141 cm³/mol. The number of alkyl halides is 1. The van der Waals surface area contributed by atoms with Gasteiger partial charge in [0.15, 0.2) is 0 Å². The van der Waals surface area contributed by atoms with Crippen molar-refractivity contribution in [1.29, 1.82) is 0 Å². The van der Waals surface area contributed by atoms with Gasteiger partial charge in [-0.05, 0) is 72.8 Å². The molecule has 1 unspecified atom stereocenters. The summed E-state index contributed by atoms with van der Waals surface area (Å²) in [5.41, 5.74) is 2.50. The zero-order valence-electron chi connectivity index (χ0n) is 21.0. The number of fused-ring (bicyclic) bond motifs is 1. The van der Waals surface area contributed by atoms with Crippen LogP contribution in [0.2, 0.25) is 0 Å². The smallest absolute Gasteiger partial charge is 0.423 e. The molecule has 3 aromatic carbocycles. The number of nitrogens with zero attached hydrogens (tertiary/aromatic N) is 2. The van der Waals surface area contributed by atoms with Gasteiger partial charge in [0.25, 0.3) is 0 Å². The number of rotatable bonds is 8. The first kappa shape index (κ1) is 26.5. The van der Waals surface area contributed by atoms with Crippen molar-refractivity contribution in [2.45, 2.75) is 37.9 Å². The van der Waals surface area contributed by atoms with Gasteiger partial charge >= 0.3 is 7.12 Å². The highest BCUT2D eigenvalue weighted by Gasteiger charge is 2.37. The van der Waals surface area contributed by atoms with Gasteiger partial charge in [0.1, 0.15) is 17.5 Å². The van der Waals surface area contributed by atoms with Crippen LogP contribution in [0.5, 0.6) is 0 Å². The first-order valence-corrected chi connectivity index (χ1v) is 12.8. The molecule has 38 heavy (non-hydrogen) atoms. The molecule has 0 bridgehead atoms. The van der Waals surface area contributed by atoms with E-state index in [4.69, 9.17) is 0 Å². The van der Waals surface area contributed by atoms with Crippen LogP contribution in [-0.2, 0) is 6.42 Å². The maximum absolute atomic E-state index is 15.8. The molecule has 0 spiro atoms. The number of hydrogen-bond donors (Lipinski definition) is 3. The molecule has 200 valence electrons. The second-order valence-electron chi connectivity index (χ2n) is 10.2. The van der Waals surface area contributed by atoms with Crippen molar-refractivity contribution < 1.29 is 27.6 Å². The molecule has 0 saturated carbocycles. The van der Waals surface area contributed by atoms with E-state index in [2.05, 4.69) is 10.2 Å². The highest BCUT2D eigenvalue weighted by molar-refractivity contribution is 6.58. The molecule has 1 saturated heterocycles. The fourth-order valence-electron chi connectivity index (χ4n) is 5.65. The van der Waals surface area contributed by atoms with Crippen LogP contribution in [0, 0.1) is 17.5 Å². The topological polar surface area (TPSA) is 59.0 Å². The number of benzene rings is 3. The summed E-state index contributed by atoms with van der Waals surface area (Å²) in [5, 5.41) is 22.5. The third-order valence-corrected chi connectivity index (χ3v) is 7.44. The van der Waals surface area contributed by atoms with E-state index in [1.165, 1.54) is 30.3 Å². The minimum absolute atomic E-state index is 0.0220. The number of halogens is 4. The van der Waals surface area contributed by atoms with E-state index in [-0.39, 0.29) is 24.3 Å². The van der Waals surface area contributed by atoms with Crippen LogP contribution >= 0.6 is 0 Å². The van der Waals surface area contributed by atoms with Gasteiger partial charge in [0.2, 0.25) is 0 Å². The number of likely N-dealkylation sites (tertiary alicyclic amines) is 1. The average Bonchev–Trinajstić information content (AvgIpc) is 2.85. The van der Waals surface area contributed by atoms with E-state index < -0.39 is 30.6 Å². The number of anilines is 2. The van der Waals surface area contributed by atoms with Crippen LogP contribution in [0.15, 0.2) is 54.6 Å². The van der Waals surface area contributed by atoms with Gasteiger partial charge in [0.05, 0.1) is 24.3 Å². The maximum Gasteiger partial charge on any atom is 0.488 e. The molecule has 3 N–H and O–H groups in total. The zero-order valence-corrected chi connectivity index (χ0v) is 21.0. The van der Waals surface area contributed by atoms with Gasteiger partial charge in [-0.3, -0.25) is 9.29 Å². The third kappa shape index (κ3) is 5.25. The van der Waals surface area contributed by atoms with Crippen LogP contribution in [0.4, 0.5) is 28.9 Å². The third-order valence-electron chi connectivity index (χ3n) is 7.44. The normalized spacial score (nSPS) is 19.7. The zero-order chi connectivity index (χ0) is 27.0. The van der Waals surface area contributed by atoms with E-state index in [1.807, 2.05) is 11.8 Å². The van der Waals surface area contributed by atoms with Crippen LogP contribution in [0.25, 0.3) is 0 Å². The molecule has 0 aromatic heterocycles. The van der Waals surface area contributed by atoms with E-state index in [9.17, 15) is 18.8 Å². The summed E-state index contributed by atoms with van der Waals surface area (Å²) >= 11 is 0. The molecule has 5 nitrogen and oxygen atoms in total. The van der Waals surface area contributed by atoms with Gasteiger partial charge < -0.3 is 20.3 Å². The Morgan fingerprint density at radius 2 is 1.66 bits per heavy atom. The van der Waals surface area contributed by atoms with Crippen molar-refractivity contribution in [1.82, 2.24) is 4.90 Å². The first-order chi connectivity index (χ1) is 18.2. The molecular weight excluding hydrogens is 497 g/mol. The standard InChI is InChI=1S/C28H30BF4N3O2/c1-17-11-18-12-19(29(37)38)3-8-24(18)28(36(17)23-6-4-20(31)5-7-23)27-25(32)13-21(14-26(27)33)34-22-15-35(16-22)10-2-9-30/h3-8,12-14,17,22,28,34,37-38H,2,9-11,15-16H2,1H3/t17-,28?/m1/s1.